The fourth-order valence-electron chi connectivity index (χ4n) is 0.810. The minimum absolute atomic E-state index is 0.517. The van der Waals surface area contributed by atoms with Crippen LogP contribution in [0.25, 0.3) is 0 Å². The fraction of sp³-hybridized carbons (Fsp3) is 0.875. The Morgan fingerprint density at radius 2 is 1.25 bits per heavy atom. The minimum Gasteiger partial charge on any atom is -0.377 e. The quantitative estimate of drug-likeness (QED) is 0.528. The molecule has 1 radical (unpaired) electrons. The summed E-state index contributed by atoms with van der Waals surface area (Å²) >= 11 is 0. The summed E-state index contributed by atoms with van der Waals surface area (Å²) in [6.45, 7) is 5.85. The highest BCUT2D eigenvalue weighted by molar-refractivity contribution is 4.48. The van der Waals surface area contributed by atoms with Crippen molar-refractivity contribution in [3.05, 3.63) is 6.61 Å². The van der Waals surface area contributed by atoms with Gasteiger partial charge in [0.1, 0.15) is 6.61 Å². The molecule has 0 saturated carbocycles. The molecular weight excluding hydrogens is 160 g/mol. The normalized spacial score (nSPS) is 24.0. The van der Waals surface area contributed by atoms with E-state index in [2.05, 4.69) is 0 Å². The largest absolute Gasteiger partial charge is 0.377 e. The Balaban J connectivity index is 2.00. The average molecular weight is 175 g/mol. The molecule has 4 nitrogen and oxygen atoms in total. The van der Waals surface area contributed by atoms with Crippen LogP contribution < -0.4 is 0 Å². The van der Waals surface area contributed by atoms with E-state index in [1.165, 1.54) is 0 Å². The lowest BCUT2D eigenvalue weighted by Gasteiger charge is -2.09. The summed E-state index contributed by atoms with van der Waals surface area (Å²) in [4.78, 5) is 0. The molecule has 0 spiro atoms. The number of hydrogen-bond acceptors (Lipinski definition) is 4. The van der Waals surface area contributed by atoms with Crippen LogP contribution in [0.4, 0.5) is 0 Å². The summed E-state index contributed by atoms with van der Waals surface area (Å²) in [6, 6.07) is 0. The topological polar surface area (TPSA) is 36.9 Å². The van der Waals surface area contributed by atoms with Crippen molar-refractivity contribution in [1.29, 1.82) is 0 Å². The summed E-state index contributed by atoms with van der Waals surface area (Å²) in [5.41, 5.74) is 0. The second kappa shape index (κ2) is 7.49. The van der Waals surface area contributed by atoms with Crippen LogP contribution in [0.5, 0.6) is 0 Å². The molecule has 1 saturated heterocycles. The van der Waals surface area contributed by atoms with Gasteiger partial charge in [-0.2, -0.15) is 0 Å². The zero-order chi connectivity index (χ0) is 8.49. The Labute approximate surface area is 72.7 Å². The first-order valence-corrected chi connectivity index (χ1v) is 4.16. The van der Waals surface area contributed by atoms with Gasteiger partial charge in [0, 0.05) is 0 Å². The van der Waals surface area contributed by atoms with E-state index in [1.54, 1.807) is 6.61 Å². The van der Waals surface area contributed by atoms with E-state index in [-0.39, 0.29) is 0 Å². The average Bonchev–Trinajstić information content (AvgIpc) is 2.05. The zero-order valence-electron chi connectivity index (χ0n) is 7.16. The molecule has 0 unspecified atom stereocenters. The van der Waals surface area contributed by atoms with Crippen molar-refractivity contribution < 1.29 is 18.9 Å². The Morgan fingerprint density at radius 1 is 0.667 bits per heavy atom. The van der Waals surface area contributed by atoms with E-state index in [9.17, 15) is 0 Å². The van der Waals surface area contributed by atoms with E-state index in [1.807, 2.05) is 0 Å². The Kier molecular flexibility index (Phi) is 6.19. The lowest BCUT2D eigenvalue weighted by molar-refractivity contribution is -0.0162. The van der Waals surface area contributed by atoms with Crippen molar-refractivity contribution in [1.82, 2.24) is 0 Å². The van der Waals surface area contributed by atoms with E-state index in [0.29, 0.717) is 46.2 Å². The maximum absolute atomic E-state index is 5.20. The van der Waals surface area contributed by atoms with Gasteiger partial charge in [-0.15, -0.1) is 0 Å². The number of hydrogen-bond donors (Lipinski definition) is 0. The van der Waals surface area contributed by atoms with Crippen molar-refractivity contribution >= 4 is 0 Å². The lowest BCUT2D eigenvalue weighted by atomic mass is 10.6. The van der Waals surface area contributed by atoms with Crippen LogP contribution in [0.1, 0.15) is 0 Å². The summed E-state index contributed by atoms with van der Waals surface area (Å²) in [7, 11) is 0. The highest BCUT2D eigenvalue weighted by atomic mass is 16.6. The molecule has 71 valence electrons. The Hall–Kier alpha value is -0.160. The highest BCUT2D eigenvalue weighted by Gasteiger charge is 1.95. The van der Waals surface area contributed by atoms with E-state index in [0.717, 1.165) is 0 Å². The van der Waals surface area contributed by atoms with Gasteiger partial charge in [-0.1, -0.05) is 0 Å². The SMILES string of the molecule is [CH]1COCCOCCOCCO1. The summed E-state index contributed by atoms with van der Waals surface area (Å²) in [5, 5.41) is 0. The van der Waals surface area contributed by atoms with Crippen LogP contribution in [0.3, 0.4) is 0 Å². The number of ether oxygens (including phenoxy) is 4. The molecule has 1 aliphatic rings. The second-order valence-corrected chi connectivity index (χ2v) is 2.34. The molecule has 0 aromatic heterocycles. The van der Waals surface area contributed by atoms with E-state index >= 15 is 0 Å². The van der Waals surface area contributed by atoms with Gasteiger partial charge < -0.3 is 18.9 Å². The van der Waals surface area contributed by atoms with Gasteiger partial charge in [-0.25, -0.2) is 0 Å². The van der Waals surface area contributed by atoms with Gasteiger partial charge in [0.25, 0.3) is 0 Å². The van der Waals surface area contributed by atoms with Crippen molar-refractivity contribution in [2.75, 3.05) is 46.2 Å². The van der Waals surface area contributed by atoms with Gasteiger partial charge in [-0.3, -0.25) is 0 Å². The molecule has 0 N–H and O–H groups in total. The van der Waals surface area contributed by atoms with Crippen molar-refractivity contribution in [2.45, 2.75) is 0 Å². The predicted molar refractivity (Wildman–Crippen MR) is 42.7 cm³/mol. The molecule has 0 aromatic rings. The molecular formula is C8H15O4. The maximum atomic E-state index is 5.20. The van der Waals surface area contributed by atoms with E-state index < -0.39 is 0 Å². The smallest absolute Gasteiger partial charge is 0.109 e. The van der Waals surface area contributed by atoms with Gasteiger partial charge in [0.2, 0.25) is 0 Å². The summed E-state index contributed by atoms with van der Waals surface area (Å²) in [5.74, 6) is 0. The maximum Gasteiger partial charge on any atom is 0.109 e. The molecule has 1 aliphatic heterocycles. The van der Waals surface area contributed by atoms with Crippen LogP contribution in [0.15, 0.2) is 0 Å². The molecule has 1 fully saturated rings. The van der Waals surface area contributed by atoms with Gasteiger partial charge >= 0.3 is 0 Å². The standard InChI is InChI=1S/C8H15O4/c1-2-10-5-6-12-8-7-11-4-3-9-1/h1H,2-8H2. The van der Waals surface area contributed by atoms with Gasteiger partial charge in [0.05, 0.1) is 46.2 Å². The predicted octanol–water partition coefficient (Wildman–Crippen LogP) is 0.228. The van der Waals surface area contributed by atoms with Crippen LogP contribution in [-0.4, -0.2) is 46.2 Å². The minimum atomic E-state index is 0.517. The first kappa shape index (κ1) is 9.92. The molecule has 4 heteroatoms. The second-order valence-electron chi connectivity index (χ2n) is 2.34. The third-order valence-electron chi connectivity index (χ3n) is 1.39. The van der Waals surface area contributed by atoms with Crippen molar-refractivity contribution in [3.8, 4) is 0 Å². The Bertz CT molecular complexity index is 54.0. The molecule has 0 aromatic carbocycles. The zero-order valence-corrected chi connectivity index (χ0v) is 7.16. The monoisotopic (exact) mass is 175 g/mol. The number of rotatable bonds is 0. The van der Waals surface area contributed by atoms with E-state index in [4.69, 9.17) is 18.9 Å². The van der Waals surface area contributed by atoms with Gasteiger partial charge in [0.15, 0.2) is 0 Å². The molecule has 1 heterocycles. The first-order chi connectivity index (χ1) is 6.00. The van der Waals surface area contributed by atoms with Crippen molar-refractivity contribution in [3.63, 3.8) is 0 Å². The van der Waals surface area contributed by atoms with Crippen LogP contribution >= 0.6 is 0 Å². The third kappa shape index (κ3) is 5.49. The molecule has 0 aliphatic carbocycles. The summed E-state index contributed by atoms with van der Waals surface area (Å²) < 4.78 is 20.6. The van der Waals surface area contributed by atoms with Crippen LogP contribution in [0.2, 0.25) is 0 Å². The molecule has 0 amide bonds. The van der Waals surface area contributed by atoms with Gasteiger partial charge in [-0.05, 0) is 0 Å². The molecule has 1 rings (SSSR count). The molecule has 12 heavy (non-hydrogen) atoms. The molecule has 0 bridgehead atoms. The fourth-order valence-corrected chi connectivity index (χ4v) is 0.810. The van der Waals surface area contributed by atoms with Crippen LogP contribution in [0, 0.1) is 6.61 Å². The van der Waals surface area contributed by atoms with Crippen molar-refractivity contribution in [2.24, 2.45) is 0 Å². The third-order valence-corrected chi connectivity index (χ3v) is 1.39. The lowest BCUT2D eigenvalue weighted by Crippen LogP contribution is -2.14. The van der Waals surface area contributed by atoms with Crippen LogP contribution in [-0.2, 0) is 18.9 Å². The Morgan fingerprint density at radius 3 is 2.00 bits per heavy atom. The summed E-state index contributed by atoms with van der Waals surface area (Å²) in [6.07, 6.45) is 0. The highest BCUT2D eigenvalue weighted by Crippen LogP contribution is 1.88. The first-order valence-electron chi connectivity index (χ1n) is 4.16. The molecule has 0 atom stereocenters.